The smallest absolute Gasteiger partial charge is 0.428 e. The quantitative estimate of drug-likeness (QED) is 0.800. The molecule has 6 heteroatoms. The Labute approximate surface area is 109 Å². The third kappa shape index (κ3) is 4.70. The molecule has 0 bridgehead atoms. The molecule has 0 unspecified atom stereocenters. The molecule has 0 aromatic heterocycles. The fraction of sp³-hybridized carbons (Fsp3) is 0.538. The summed E-state index contributed by atoms with van der Waals surface area (Å²) in [6, 6.07) is 5.22. The van der Waals surface area contributed by atoms with Gasteiger partial charge in [0.1, 0.15) is 5.75 Å². The lowest BCUT2D eigenvalue weighted by Gasteiger charge is -2.19. The van der Waals surface area contributed by atoms with Crippen molar-refractivity contribution in [2.45, 2.75) is 38.8 Å². The Kier molecular flexibility index (Phi) is 5.17. The molecule has 0 spiro atoms. The van der Waals surface area contributed by atoms with E-state index in [1.54, 1.807) is 6.07 Å². The molecule has 1 aromatic carbocycles. The van der Waals surface area contributed by atoms with Crippen molar-refractivity contribution in [1.29, 1.82) is 0 Å². The van der Waals surface area contributed by atoms with Gasteiger partial charge in [-0.15, -0.1) is 0 Å². The van der Waals surface area contributed by atoms with Gasteiger partial charge in [-0.1, -0.05) is 26.0 Å². The second kappa shape index (κ2) is 6.23. The summed E-state index contributed by atoms with van der Waals surface area (Å²) < 4.78 is 53.6. The van der Waals surface area contributed by atoms with Crippen LogP contribution in [0.2, 0.25) is 0 Å². The average Bonchev–Trinajstić information content (AvgIpc) is 2.27. The Morgan fingerprint density at radius 3 is 2.42 bits per heavy atom. The predicted molar refractivity (Wildman–Crippen MR) is 64.4 cm³/mol. The second-order valence-corrected chi connectivity index (χ2v) is 4.77. The molecule has 108 valence electrons. The summed E-state index contributed by atoms with van der Waals surface area (Å²) in [7, 11) is 0. The van der Waals surface area contributed by atoms with Crippen molar-refractivity contribution < 1.29 is 22.3 Å². The first-order valence-electron chi connectivity index (χ1n) is 5.93. The predicted octanol–water partition coefficient (Wildman–Crippen LogP) is 3.97. The summed E-state index contributed by atoms with van der Waals surface area (Å²) in [5.41, 5.74) is 6.48. The van der Waals surface area contributed by atoms with Gasteiger partial charge in [0.05, 0.1) is 0 Å². The van der Waals surface area contributed by atoms with Gasteiger partial charge in [-0.05, 0) is 30.0 Å². The number of ether oxygens (including phenoxy) is 1. The molecule has 0 aliphatic rings. The summed E-state index contributed by atoms with van der Waals surface area (Å²) >= 11 is 0. The van der Waals surface area contributed by atoms with E-state index in [4.69, 9.17) is 5.73 Å². The molecule has 2 N–H and O–H groups in total. The maximum absolute atomic E-state index is 12.8. The van der Waals surface area contributed by atoms with Crippen LogP contribution in [-0.2, 0) is 0 Å². The zero-order chi connectivity index (χ0) is 14.6. The third-order valence-corrected chi connectivity index (χ3v) is 2.52. The topological polar surface area (TPSA) is 35.2 Å². The van der Waals surface area contributed by atoms with E-state index >= 15 is 0 Å². The summed E-state index contributed by atoms with van der Waals surface area (Å²) in [5.74, 6) is 0.0177. The van der Waals surface area contributed by atoms with Gasteiger partial charge >= 0.3 is 12.5 Å². The van der Waals surface area contributed by atoms with E-state index in [0.717, 1.165) is 0 Å². The molecule has 1 rings (SSSR count). The molecule has 1 aromatic rings. The SMILES string of the molecule is CC(C)C[C@H](N)c1cccc(OC(F)(F)C(F)F)c1. The number of hydrogen-bond donors (Lipinski definition) is 1. The highest BCUT2D eigenvalue weighted by atomic mass is 19.3. The number of rotatable bonds is 6. The van der Waals surface area contributed by atoms with Crippen molar-refractivity contribution >= 4 is 0 Å². The van der Waals surface area contributed by atoms with Gasteiger partial charge in [0, 0.05) is 6.04 Å². The van der Waals surface area contributed by atoms with Gasteiger partial charge in [0.25, 0.3) is 0 Å². The lowest BCUT2D eigenvalue weighted by atomic mass is 9.98. The average molecular weight is 279 g/mol. The third-order valence-electron chi connectivity index (χ3n) is 2.52. The number of halogens is 4. The first-order valence-corrected chi connectivity index (χ1v) is 5.93. The van der Waals surface area contributed by atoms with Gasteiger partial charge < -0.3 is 10.5 Å². The number of benzene rings is 1. The number of hydrogen-bond acceptors (Lipinski definition) is 2. The normalized spacial score (nSPS) is 13.9. The summed E-state index contributed by atoms with van der Waals surface area (Å²) in [6.07, 6.45) is -7.71. The lowest BCUT2D eigenvalue weighted by molar-refractivity contribution is -0.253. The Morgan fingerprint density at radius 1 is 1.26 bits per heavy atom. The molecule has 2 nitrogen and oxygen atoms in total. The van der Waals surface area contributed by atoms with E-state index in [0.29, 0.717) is 17.9 Å². The fourth-order valence-electron chi connectivity index (χ4n) is 1.65. The van der Waals surface area contributed by atoms with Crippen LogP contribution in [0.25, 0.3) is 0 Å². The van der Waals surface area contributed by atoms with Crippen molar-refractivity contribution in [1.82, 2.24) is 0 Å². The summed E-state index contributed by atoms with van der Waals surface area (Å²) in [5, 5.41) is 0. The molecule has 0 amide bonds. The van der Waals surface area contributed by atoms with E-state index in [9.17, 15) is 17.6 Å². The Morgan fingerprint density at radius 2 is 1.89 bits per heavy atom. The molecule has 0 saturated carbocycles. The largest absolute Gasteiger partial charge is 0.461 e. The maximum Gasteiger partial charge on any atom is 0.461 e. The minimum absolute atomic E-state index is 0.318. The number of alkyl halides is 4. The summed E-state index contributed by atoms with van der Waals surface area (Å²) in [4.78, 5) is 0. The minimum Gasteiger partial charge on any atom is -0.428 e. The lowest BCUT2D eigenvalue weighted by Crippen LogP contribution is -2.33. The van der Waals surface area contributed by atoms with Gasteiger partial charge in [0.15, 0.2) is 0 Å². The molecule has 1 atom stereocenters. The molecule has 19 heavy (non-hydrogen) atoms. The Balaban J connectivity index is 2.83. The first kappa shape index (κ1) is 15.8. The minimum atomic E-state index is -4.50. The van der Waals surface area contributed by atoms with E-state index in [1.807, 2.05) is 13.8 Å². The van der Waals surface area contributed by atoms with Crippen molar-refractivity contribution in [2.24, 2.45) is 11.7 Å². The fourth-order valence-corrected chi connectivity index (χ4v) is 1.65. The van der Waals surface area contributed by atoms with E-state index in [-0.39, 0.29) is 11.8 Å². The van der Waals surface area contributed by atoms with Crippen LogP contribution in [0.3, 0.4) is 0 Å². The van der Waals surface area contributed by atoms with Crippen molar-refractivity contribution in [2.75, 3.05) is 0 Å². The van der Waals surface area contributed by atoms with Crippen LogP contribution in [0.1, 0.15) is 31.9 Å². The summed E-state index contributed by atoms with van der Waals surface area (Å²) in [6.45, 7) is 3.95. The molecular formula is C13H17F4NO. The molecule has 0 aliphatic heterocycles. The first-order chi connectivity index (χ1) is 8.72. The zero-order valence-corrected chi connectivity index (χ0v) is 10.7. The van der Waals surface area contributed by atoms with Crippen molar-refractivity contribution in [3.63, 3.8) is 0 Å². The standard InChI is InChI=1S/C13H17F4NO/c1-8(2)6-11(18)9-4-3-5-10(7-9)19-13(16,17)12(14)15/h3-5,7-8,11-12H,6,18H2,1-2H3/t11-/m0/s1. The van der Waals surface area contributed by atoms with Gasteiger partial charge in [0.2, 0.25) is 0 Å². The monoisotopic (exact) mass is 279 g/mol. The van der Waals surface area contributed by atoms with Crippen molar-refractivity contribution in [3.8, 4) is 5.75 Å². The Bertz CT molecular complexity index is 409. The van der Waals surface area contributed by atoms with Crippen LogP contribution < -0.4 is 10.5 Å². The molecule has 0 radical (unpaired) electrons. The zero-order valence-electron chi connectivity index (χ0n) is 10.7. The van der Waals surface area contributed by atoms with Crippen LogP contribution in [0.15, 0.2) is 24.3 Å². The molecular weight excluding hydrogens is 262 g/mol. The second-order valence-electron chi connectivity index (χ2n) is 4.77. The molecule has 0 aliphatic carbocycles. The highest BCUT2D eigenvalue weighted by molar-refractivity contribution is 5.30. The number of nitrogens with two attached hydrogens (primary N) is 1. The molecule has 0 heterocycles. The highest BCUT2D eigenvalue weighted by Crippen LogP contribution is 2.29. The van der Waals surface area contributed by atoms with Crippen LogP contribution in [0, 0.1) is 5.92 Å². The van der Waals surface area contributed by atoms with Gasteiger partial charge in [-0.25, -0.2) is 0 Å². The van der Waals surface area contributed by atoms with Crippen molar-refractivity contribution in [3.05, 3.63) is 29.8 Å². The molecule has 0 saturated heterocycles. The van der Waals surface area contributed by atoms with Gasteiger partial charge in [-0.2, -0.15) is 17.6 Å². The Hall–Kier alpha value is -1.30. The van der Waals surface area contributed by atoms with E-state index < -0.39 is 12.5 Å². The van der Waals surface area contributed by atoms with Gasteiger partial charge in [-0.3, -0.25) is 0 Å². The van der Waals surface area contributed by atoms with Crippen LogP contribution >= 0.6 is 0 Å². The van der Waals surface area contributed by atoms with Crippen LogP contribution in [0.5, 0.6) is 5.75 Å². The molecule has 0 fully saturated rings. The van der Waals surface area contributed by atoms with Crippen LogP contribution in [0.4, 0.5) is 17.6 Å². The van der Waals surface area contributed by atoms with Crippen LogP contribution in [-0.4, -0.2) is 12.5 Å². The highest BCUT2D eigenvalue weighted by Gasteiger charge is 2.43. The van der Waals surface area contributed by atoms with E-state index in [2.05, 4.69) is 4.74 Å². The maximum atomic E-state index is 12.8. The van der Waals surface area contributed by atoms with E-state index in [1.165, 1.54) is 18.2 Å².